The van der Waals surface area contributed by atoms with Crippen molar-refractivity contribution in [3.63, 3.8) is 0 Å². The Kier molecular flexibility index (Phi) is 9.25. The van der Waals surface area contributed by atoms with Crippen LogP contribution in [0.25, 0.3) is 11.1 Å². The molecule has 0 radical (unpaired) electrons. The second-order valence-corrected chi connectivity index (χ2v) is 8.42. The van der Waals surface area contributed by atoms with Gasteiger partial charge in [-0.3, -0.25) is 0 Å². The molecule has 0 spiro atoms. The maximum absolute atomic E-state index is 5.59. The van der Waals surface area contributed by atoms with Crippen LogP contribution in [0.15, 0.2) is 94.9 Å². The molecule has 0 heterocycles. The molecule has 0 saturated carbocycles. The molecular weight excluding hydrogens is 508 g/mol. The van der Waals surface area contributed by atoms with E-state index in [2.05, 4.69) is 9.98 Å². The Morgan fingerprint density at radius 2 is 0.825 bits per heavy atom. The van der Waals surface area contributed by atoms with Crippen molar-refractivity contribution in [2.75, 3.05) is 42.7 Å². The van der Waals surface area contributed by atoms with Gasteiger partial charge in [0.2, 0.25) is 11.8 Å². The average Bonchev–Trinajstić information content (AvgIpc) is 3.02. The summed E-state index contributed by atoms with van der Waals surface area (Å²) in [5, 5.41) is 0. The third kappa shape index (κ3) is 6.02. The number of rotatable bonds is 9. The number of hydrogen-bond donors (Lipinski definition) is 0. The summed E-state index contributed by atoms with van der Waals surface area (Å²) in [6, 6.07) is 26.9. The van der Waals surface area contributed by atoms with E-state index >= 15 is 0 Å². The van der Waals surface area contributed by atoms with Crippen molar-refractivity contribution < 1.29 is 28.4 Å². The molecule has 4 aromatic rings. The quantitative estimate of drug-likeness (QED) is 0.171. The standard InChI is InChI=1S/C32H32N2O6/c1-35-27-11-7-9-25(29(27)37-3)31(39-5)33-23-17-13-21(14-18-23)22-15-19-24(20-16-22)34-32(40-6)26-10-8-12-28(36-2)30(26)38-4/h7-20H,1-6H3. The molecule has 0 atom stereocenters. The van der Waals surface area contributed by atoms with E-state index in [4.69, 9.17) is 28.4 Å². The number of benzene rings is 4. The molecule has 8 heteroatoms. The Balaban J connectivity index is 1.57. The summed E-state index contributed by atoms with van der Waals surface area (Å²) < 4.78 is 33.1. The summed E-state index contributed by atoms with van der Waals surface area (Å²) in [7, 11) is 9.52. The number of para-hydroxylation sites is 2. The fourth-order valence-electron chi connectivity index (χ4n) is 4.23. The Hall–Kier alpha value is -4.98. The molecule has 0 aliphatic carbocycles. The number of nitrogens with zero attached hydrogens (tertiary/aromatic N) is 2. The molecule has 0 aliphatic heterocycles. The highest BCUT2D eigenvalue weighted by Gasteiger charge is 2.17. The van der Waals surface area contributed by atoms with E-state index in [9.17, 15) is 0 Å². The van der Waals surface area contributed by atoms with Crippen LogP contribution in [0.3, 0.4) is 0 Å². The number of aliphatic imine (C=N–C) groups is 2. The molecule has 0 N–H and O–H groups in total. The van der Waals surface area contributed by atoms with E-state index < -0.39 is 0 Å². The summed E-state index contributed by atoms with van der Waals surface area (Å²) in [6.07, 6.45) is 0. The molecule has 8 nitrogen and oxygen atoms in total. The third-order valence-corrected chi connectivity index (χ3v) is 6.18. The molecule has 0 saturated heterocycles. The zero-order chi connectivity index (χ0) is 28.5. The third-order valence-electron chi connectivity index (χ3n) is 6.18. The lowest BCUT2D eigenvalue weighted by atomic mass is 10.1. The minimum absolute atomic E-state index is 0.423. The molecular formula is C32H32N2O6. The van der Waals surface area contributed by atoms with Gasteiger partial charge in [-0.2, -0.15) is 0 Å². The van der Waals surface area contributed by atoms with Crippen LogP contribution < -0.4 is 18.9 Å². The molecule has 0 unspecified atom stereocenters. The van der Waals surface area contributed by atoms with E-state index in [1.165, 1.54) is 0 Å². The van der Waals surface area contributed by atoms with Crippen LogP contribution in [-0.4, -0.2) is 54.5 Å². The van der Waals surface area contributed by atoms with Crippen molar-refractivity contribution in [1.82, 2.24) is 0 Å². The monoisotopic (exact) mass is 540 g/mol. The van der Waals surface area contributed by atoms with Crippen LogP contribution in [0.2, 0.25) is 0 Å². The van der Waals surface area contributed by atoms with Crippen LogP contribution in [0.1, 0.15) is 11.1 Å². The number of hydrogen-bond acceptors (Lipinski definition) is 8. The van der Waals surface area contributed by atoms with Crippen molar-refractivity contribution in [1.29, 1.82) is 0 Å². The molecule has 0 aromatic heterocycles. The summed E-state index contributed by atoms with van der Waals surface area (Å²) in [5.74, 6) is 3.18. The van der Waals surface area contributed by atoms with Crippen molar-refractivity contribution in [3.8, 4) is 34.1 Å². The summed E-state index contributed by atoms with van der Waals surface area (Å²) in [4.78, 5) is 9.37. The topological polar surface area (TPSA) is 80.1 Å². The van der Waals surface area contributed by atoms with Crippen molar-refractivity contribution >= 4 is 23.2 Å². The van der Waals surface area contributed by atoms with Gasteiger partial charge in [0, 0.05) is 0 Å². The van der Waals surface area contributed by atoms with Gasteiger partial charge in [-0.1, -0.05) is 36.4 Å². The van der Waals surface area contributed by atoms with E-state index in [1.807, 2.05) is 84.9 Å². The zero-order valence-electron chi connectivity index (χ0n) is 23.4. The fraction of sp³-hybridized carbons (Fsp3) is 0.188. The Labute approximate surface area is 234 Å². The first-order chi connectivity index (χ1) is 19.6. The SMILES string of the molecule is COC(=Nc1ccc(-c2ccc(N=C(OC)c3cccc(OC)c3OC)cc2)cc1)c1cccc(OC)c1OC. The van der Waals surface area contributed by atoms with Gasteiger partial charge in [0.05, 0.1) is 65.2 Å². The molecule has 0 fully saturated rings. The minimum Gasteiger partial charge on any atom is -0.493 e. The maximum atomic E-state index is 5.59. The highest BCUT2D eigenvalue weighted by Crippen LogP contribution is 2.34. The van der Waals surface area contributed by atoms with Crippen LogP contribution in [0.4, 0.5) is 11.4 Å². The number of ether oxygens (including phenoxy) is 6. The van der Waals surface area contributed by atoms with E-state index in [-0.39, 0.29) is 0 Å². The van der Waals surface area contributed by atoms with Gasteiger partial charge in [0.15, 0.2) is 23.0 Å². The van der Waals surface area contributed by atoms with Gasteiger partial charge in [0.1, 0.15) is 0 Å². The van der Waals surface area contributed by atoms with Crippen LogP contribution in [0.5, 0.6) is 23.0 Å². The van der Waals surface area contributed by atoms with Crippen molar-refractivity contribution in [2.45, 2.75) is 0 Å². The van der Waals surface area contributed by atoms with E-state index in [0.29, 0.717) is 45.9 Å². The predicted octanol–water partition coefficient (Wildman–Crippen LogP) is 6.84. The van der Waals surface area contributed by atoms with E-state index in [0.717, 1.165) is 22.5 Å². The zero-order valence-corrected chi connectivity index (χ0v) is 23.4. The molecule has 0 amide bonds. The predicted molar refractivity (Wildman–Crippen MR) is 157 cm³/mol. The first-order valence-electron chi connectivity index (χ1n) is 12.4. The van der Waals surface area contributed by atoms with Gasteiger partial charge in [-0.15, -0.1) is 0 Å². The smallest absolute Gasteiger partial charge is 0.224 e. The largest absolute Gasteiger partial charge is 0.493 e. The maximum Gasteiger partial charge on any atom is 0.224 e. The minimum atomic E-state index is 0.423. The van der Waals surface area contributed by atoms with Crippen molar-refractivity contribution in [3.05, 3.63) is 96.1 Å². The highest BCUT2D eigenvalue weighted by atomic mass is 16.5. The fourth-order valence-corrected chi connectivity index (χ4v) is 4.23. The Morgan fingerprint density at radius 3 is 1.12 bits per heavy atom. The summed E-state index contributed by atoms with van der Waals surface area (Å²) >= 11 is 0. The lowest BCUT2D eigenvalue weighted by molar-refractivity contribution is 0.350. The molecule has 206 valence electrons. The van der Waals surface area contributed by atoms with Gasteiger partial charge in [-0.05, 0) is 59.7 Å². The van der Waals surface area contributed by atoms with Crippen LogP contribution in [0, 0.1) is 0 Å². The lowest BCUT2D eigenvalue weighted by Gasteiger charge is -2.13. The first-order valence-corrected chi connectivity index (χ1v) is 12.4. The highest BCUT2D eigenvalue weighted by molar-refractivity contribution is 6.00. The lowest BCUT2D eigenvalue weighted by Crippen LogP contribution is -2.06. The summed E-state index contributed by atoms with van der Waals surface area (Å²) in [5.41, 5.74) is 4.95. The number of methoxy groups -OCH3 is 6. The molecule has 4 rings (SSSR count). The van der Waals surface area contributed by atoms with Crippen LogP contribution in [-0.2, 0) is 9.47 Å². The van der Waals surface area contributed by atoms with Gasteiger partial charge >= 0.3 is 0 Å². The summed E-state index contributed by atoms with van der Waals surface area (Å²) in [6.45, 7) is 0. The molecule has 4 aromatic carbocycles. The second kappa shape index (κ2) is 13.2. The van der Waals surface area contributed by atoms with Gasteiger partial charge in [0.25, 0.3) is 0 Å². The molecule has 40 heavy (non-hydrogen) atoms. The average molecular weight is 541 g/mol. The Bertz CT molecular complexity index is 1380. The molecule has 0 aliphatic rings. The normalized spacial score (nSPS) is 11.6. The van der Waals surface area contributed by atoms with E-state index in [1.54, 1.807) is 42.7 Å². The van der Waals surface area contributed by atoms with Crippen molar-refractivity contribution in [2.24, 2.45) is 9.98 Å². The first kappa shape index (κ1) is 28.0. The van der Waals surface area contributed by atoms with Gasteiger partial charge in [-0.25, -0.2) is 9.98 Å². The molecule has 0 bridgehead atoms. The Morgan fingerprint density at radius 1 is 0.450 bits per heavy atom. The second-order valence-electron chi connectivity index (χ2n) is 8.42. The van der Waals surface area contributed by atoms with Gasteiger partial charge < -0.3 is 28.4 Å². The van der Waals surface area contributed by atoms with Crippen LogP contribution >= 0.6 is 0 Å².